The Balaban J connectivity index is 0.00000484. The summed E-state index contributed by atoms with van der Waals surface area (Å²) >= 11 is 0. The highest BCUT2D eigenvalue weighted by atomic mass is 127. The van der Waals surface area contributed by atoms with Crippen LogP contribution in [0.4, 0.5) is 0 Å². The Bertz CT molecular complexity index is 408. The Morgan fingerprint density at radius 2 is 2.09 bits per heavy atom. The third kappa shape index (κ3) is 8.03. The second-order valence-corrected chi connectivity index (χ2v) is 4.98. The van der Waals surface area contributed by atoms with Gasteiger partial charge in [-0.2, -0.15) is 0 Å². The number of furan rings is 1. The van der Waals surface area contributed by atoms with Crippen LogP contribution in [0.2, 0.25) is 0 Å². The fourth-order valence-electron chi connectivity index (χ4n) is 2.39. The molecule has 0 fully saturated rings. The molecule has 0 spiro atoms. The van der Waals surface area contributed by atoms with Crippen LogP contribution in [0.15, 0.2) is 27.8 Å². The van der Waals surface area contributed by atoms with Crippen LogP contribution in [0, 0.1) is 0 Å². The molecule has 0 aliphatic rings. The number of hydrogen-bond donors (Lipinski definition) is 2. The van der Waals surface area contributed by atoms with Crippen molar-refractivity contribution in [2.24, 2.45) is 4.99 Å². The maximum atomic E-state index is 5.60. The van der Waals surface area contributed by atoms with Crippen LogP contribution in [-0.2, 0) is 4.74 Å². The smallest absolute Gasteiger partial charge is 0.191 e. The monoisotopic (exact) mass is 438 g/mol. The molecule has 6 nitrogen and oxygen atoms in total. The van der Waals surface area contributed by atoms with Gasteiger partial charge in [-0.05, 0) is 31.6 Å². The predicted octanol–water partition coefficient (Wildman–Crippen LogP) is 2.48. The summed E-state index contributed by atoms with van der Waals surface area (Å²) in [6.07, 6.45) is 2.68. The van der Waals surface area contributed by atoms with Crippen molar-refractivity contribution < 1.29 is 9.15 Å². The van der Waals surface area contributed by atoms with E-state index in [0.29, 0.717) is 0 Å². The van der Waals surface area contributed by atoms with E-state index in [1.807, 2.05) is 12.1 Å². The number of guanidine groups is 1. The van der Waals surface area contributed by atoms with Crippen LogP contribution in [0.25, 0.3) is 0 Å². The second kappa shape index (κ2) is 13.6. The van der Waals surface area contributed by atoms with Crippen molar-refractivity contribution in [3.05, 3.63) is 24.2 Å². The molecule has 1 aromatic heterocycles. The highest BCUT2D eigenvalue weighted by molar-refractivity contribution is 14.0. The highest BCUT2D eigenvalue weighted by Crippen LogP contribution is 2.20. The van der Waals surface area contributed by atoms with E-state index in [4.69, 9.17) is 9.15 Å². The second-order valence-electron chi connectivity index (χ2n) is 4.98. The molecule has 1 rings (SSSR count). The van der Waals surface area contributed by atoms with Gasteiger partial charge in [0.2, 0.25) is 0 Å². The first-order valence-electron chi connectivity index (χ1n) is 7.97. The molecule has 2 N–H and O–H groups in total. The molecule has 1 heterocycles. The van der Waals surface area contributed by atoms with E-state index in [0.717, 1.165) is 50.9 Å². The first kappa shape index (κ1) is 22.2. The minimum absolute atomic E-state index is 0. The summed E-state index contributed by atoms with van der Waals surface area (Å²) < 4.78 is 10.6. The van der Waals surface area contributed by atoms with Crippen molar-refractivity contribution in [2.75, 3.05) is 46.9 Å². The fraction of sp³-hybridized carbons (Fsp3) is 0.688. The molecule has 0 saturated heterocycles. The van der Waals surface area contributed by atoms with E-state index < -0.39 is 0 Å². The maximum Gasteiger partial charge on any atom is 0.191 e. The molecule has 1 aromatic rings. The molecule has 0 bridgehead atoms. The van der Waals surface area contributed by atoms with Gasteiger partial charge in [-0.15, -0.1) is 24.0 Å². The average molecular weight is 438 g/mol. The van der Waals surface area contributed by atoms with E-state index in [1.54, 1.807) is 20.4 Å². The molecule has 0 amide bonds. The van der Waals surface area contributed by atoms with E-state index in [2.05, 4.69) is 34.4 Å². The molecule has 0 radical (unpaired) electrons. The Labute approximate surface area is 157 Å². The largest absolute Gasteiger partial charge is 0.468 e. The van der Waals surface area contributed by atoms with Gasteiger partial charge in [-0.3, -0.25) is 9.89 Å². The SMILES string of the molecule is CCN(CC)C(CNC(=NC)NCCCOC)c1ccco1.I. The zero-order chi connectivity index (χ0) is 16.2. The Hall–Kier alpha value is -0.800. The number of likely N-dealkylation sites (N-methyl/N-ethyl adjacent to an activating group) is 1. The van der Waals surface area contributed by atoms with Crippen molar-refractivity contribution in [3.63, 3.8) is 0 Å². The molecule has 23 heavy (non-hydrogen) atoms. The fourth-order valence-corrected chi connectivity index (χ4v) is 2.39. The predicted molar refractivity (Wildman–Crippen MR) is 106 cm³/mol. The lowest BCUT2D eigenvalue weighted by Gasteiger charge is -2.28. The minimum atomic E-state index is 0. The van der Waals surface area contributed by atoms with Crippen LogP contribution in [0.5, 0.6) is 0 Å². The van der Waals surface area contributed by atoms with E-state index in [-0.39, 0.29) is 30.0 Å². The molecule has 7 heteroatoms. The van der Waals surface area contributed by atoms with Gasteiger partial charge in [0.1, 0.15) is 5.76 Å². The standard InChI is InChI=1S/C16H30N4O2.HI/c1-5-20(6-2)14(15-9-7-12-22-15)13-19-16(17-3)18-10-8-11-21-4;/h7,9,12,14H,5-6,8,10-11,13H2,1-4H3,(H2,17,18,19);1H. The molecule has 0 saturated carbocycles. The maximum absolute atomic E-state index is 5.60. The van der Waals surface area contributed by atoms with Crippen LogP contribution in [-0.4, -0.2) is 57.8 Å². The third-order valence-corrected chi connectivity index (χ3v) is 3.63. The molecule has 1 atom stereocenters. The van der Waals surface area contributed by atoms with Gasteiger partial charge in [0.05, 0.1) is 12.3 Å². The summed E-state index contributed by atoms with van der Waals surface area (Å²) in [5.74, 6) is 1.78. The molecule has 0 aliphatic heterocycles. The first-order chi connectivity index (χ1) is 10.8. The van der Waals surface area contributed by atoms with E-state index in [9.17, 15) is 0 Å². The van der Waals surface area contributed by atoms with Crippen molar-refractivity contribution in [1.82, 2.24) is 15.5 Å². The number of hydrogen-bond acceptors (Lipinski definition) is 4. The summed E-state index contributed by atoms with van der Waals surface area (Å²) in [5, 5.41) is 6.67. The van der Waals surface area contributed by atoms with Crippen molar-refractivity contribution in [2.45, 2.75) is 26.3 Å². The van der Waals surface area contributed by atoms with Gasteiger partial charge in [0.15, 0.2) is 5.96 Å². The minimum Gasteiger partial charge on any atom is -0.468 e. The number of nitrogens with zero attached hydrogens (tertiary/aromatic N) is 2. The Morgan fingerprint density at radius 3 is 2.61 bits per heavy atom. The van der Waals surface area contributed by atoms with Gasteiger partial charge in [0, 0.05) is 33.9 Å². The Morgan fingerprint density at radius 1 is 1.35 bits per heavy atom. The summed E-state index contributed by atoms with van der Waals surface area (Å²) in [5.41, 5.74) is 0. The summed E-state index contributed by atoms with van der Waals surface area (Å²) in [7, 11) is 3.50. The zero-order valence-electron chi connectivity index (χ0n) is 14.7. The van der Waals surface area contributed by atoms with Crippen molar-refractivity contribution >= 4 is 29.9 Å². The molecular formula is C16H31IN4O2. The molecule has 0 aromatic carbocycles. The van der Waals surface area contributed by atoms with Gasteiger partial charge in [-0.25, -0.2) is 0 Å². The van der Waals surface area contributed by atoms with Crippen molar-refractivity contribution in [1.29, 1.82) is 0 Å². The van der Waals surface area contributed by atoms with E-state index in [1.165, 1.54) is 0 Å². The third-order valence-electron chi connectivity index (χ3n) is 3.63. The van der Waals surface area contributed by atoms with Crippen LogP contribution >= 0.6 is 24.0 Å². The van der Waals surface area contributed by atoms with Gasteiger partial charge in [0.25, 0.3) is 0 Å². The number of methoxy groups -OCH3 is 1. The lowest BCUT2D eigenvalue weighted by atomic mass is 10.2. The number of ether oxygens (including phenoxy) is 1. The van der Waals surface area contributed by atoms with Gasteiger partial charge >= 0.3 is 0 Å². The summed E-state index contributed by atoms with van der Waals surface area (Å²) in [4.78, 5) is 6.62. The summed E-state index contributed by atoms with van der Waals surface area (Å²) in [6, 6.07) is 4.16. The van der Waals surface area contributed by atoms with Crippen molar-refractivity contribution in [3.8, 4) is 0 Å². The van der Waals surface area contributed by atoms with Crippen LogP contribution < -0.4 is 10.6 Å². The molecule has 0 aliphatic carbocycles. The first-order valence-corrected chi connectivity index (χ1v) is 7.97. The van der Waals surface area contributed by atoms with Gasteiger partial charge in [-0.1, -0.05) is 13.8 Å². The highest BCUT2D eigenvalue weighted by Gasteiger charge is 2.20. The van der Waals surface area contributed by atoms with Crippen LogP contribution in [0.1, 0.15) is 32.1 Å². The number of aliphatic imine (C=N–C) groups is 1. The number of halogens is 1. The average Bonchev–Trinajstić information content (AvgIpc) is 3.07. The number of nitrogens with one attached hydrogen (secondary N) is 2. The van der Waals surface area contributed by atoms with E-state index >= 15 is 0 Å². The quantitative estimate of drug-likeness (QED) is 0.255. The zero-order valence-corrected chi connectivity index (χ0v) is 17.0. The Kier molecular flexibility index (Phi) is 13.1. The summed E-state index contributed by atoms with van der Waals surface area (Å²) in [6.45, 7) is 8.61. The van der Waals surface area contributed by atoms with Gasteiger partial charge < -0.3 is 19.8 Å². The molecule has 134 valence electrons. The van der Waals surface area contributed by atoms with Crippen LogP contribution in [0.3, 0.4) is 0 Å². The lowest BCUT2D eigenvalue weighted by Crippen LogP contribution is -2.43. The number of rotatable bonds is 10. The topological polar surface area (TPSA) is 62.0 Å². The molecule has 1 unspecified atom stereocenters. The lowest BCUT2D eigenvalue weighted by molar-refractivity contribution is 0.192. The normalized spacial score (nSPS) is 12.8. The molecular weight excluding hydrogens is 407 g/mol.